The molecule has 35 heavy (non-hydrogen) atoms. The molecule has 6 nitrogen and oxygen atoms in total. The quantitative estimate of drug-likeness (QED) is 0.380. The van der Waals surface area contributed by atoms with Crippen molar-refractivity contribution in [3.63, 3.8) is 0 Å². The molecule has 1 atom stereocenters. The monoisotopic (exact) mass is 485 g/mol. The summed E-state index contributed by atoms with van der Waals surface area (Å²) in [5, 5.41) is 15.3. The predicted octanol–water partition coefficient (Wildman–Crippen LogP) is 5.25. The third-order valence-electron chi connectivity index (χ3n) is 5.92. The van der Waals surface area contributed by atoms with E-state index < -0.39 is 17.7 Å². The maximum atomic E-state index is 14.5. The Morgan fingerprint density at radius 2 is 1.89 bits per heavy atom. The van der Waals surface area contributed by atoms with Crippen LogP contribution < -0.4 is 4.74 Å². The molecular weight excluding hydrogens is 452 g/mol. The molecule has 0 radical (unpaired) electrons. The van der Waals surface area contributed by atoms with Gasteiger partial charge in [0.15, 0.2) is 11.6 Å². The summed E-state index contributed by atoms with van der Waals surface area (Å²) in [7, 11) is 0. The van der Waals surface area contributed by atoms with Crippen molar-refractivity contribution >= 4 is 0 Å². The zero-order valence-corrected chi connectivity index (χ0v) is 20.5. The number of halogens is 2. The van der Waals surface area contributed by atoms with Crippen LogP contribution in [0.3, 0.4) is 0 Å². The van der Waals surface area contributed by atoms with Crippen LogP contribution >= 0.6 is 0 Å². The van der Waals surface area contributed by atoms with Gasteiger partial charge in [-0.1, -0.05) is 18.2 Å². The smallest absolute Gasteiger partial charge is 0.227 e. The Labute approximate surface area is 205 Å². The summed E-state index contributed by atoms with van der Waals surface area (Å²) in [6.07, 6.45) is 1.74. The van der Waals surface area contributed by atoms with Gasteiger partial charge in [0.25, 0.3) is 0 Å². The molecule has 0 bridgehead atoms. The summed E-state index contributed by atoms with van der Waals surface area (Å²) < 4.78 is 41.3. The van der Waals surface area contributed by atoms with Gasteiger partial charge >= 0.3 is 0 Å². The number of hydrogen-bond donors (Lipinski definition) is 1. The summed E-state index contributed by atoms with van der Waals surface area (Å²) in [6, 6.07) is 12.7. The van der Waals surface area contributed by atoms with Crippen LogP contribution in [0.2, 0.25) is 0 Å². The van der Waals surface area contributed by atoms with E-state index in [9.17, 15) is 13.9 Å². The topological polar surface area (TPSA) is 59.8 Å². The number of aromatic nitrogens is 2. The molecule has 1 aliphatic rings. The van der Waals surface area contributed by atoms with Crippen molar-refractivity contribution in [2.45, 2.75) is 52.4 Å². The molecular formula is C27H33F2N3O3. The van der Waals surface area contributed by atoms with Gasteiger partial charge in [-0.15, -0.1) is 0 Å². The third-order valence-corrected chi connectivity index (χ3v) is 5.92. The highest BCUT2D eigenvalue weighted by molar-refractivity contribution is 5.43. The van der Waals surface area contributed by atoms with Gasteiger partial charge in [-0.05, 0) is 63.8 Å². The summed E-state index contributed by atoms with van der Waals surface area (Å²) in [5.41, 5.74) is 2.29. The minimum atomic E-state index is -0.787. The Morgan fingerprint density at radius 1 is 1.14 bits per heavy atom. The standard InChI is InChI=1S/C27H33F2N3O3/c1-18(2)34-17-23(33)15-31(14-20-9-10-20)16-24-19(3)30-32(22-7-5-4-6-8-22)27(24)35-26-12-11-21(28)13-25(26)29/h4-8,11-13,18,20,23,33H,9-10,14-17H2,1-3H3/t23-/m0/s1. The first-order valence-corrected chi connectivity index (χ1v) is 12.1. The van der Waals surface area contributed by atoms with Crippen LogP contribution in [0.1, 0.15) is 37.9 Å². The molecule has 0 amide bonds. The fourth-order valence-electron chi connectivity index (χ4n) is 3.98. The summed E-state index contributed by atoms with van der Waals surface area (Å²) >= 11 is 0. The average Bonchev–Trinajstić information content (AvgIpc) is 3.59. The summed E-state index contributed by atoms with van der Waals surface area (Å²) in [4.78, 5) is 2.18. The normalized spacial score (nSPS) is 14.6. The third kappa shape index (κ3) is 6.87. The molecule has 4 rings (SSSR count). The predicted molar refractivity (Wildman–Crippen MR) is 130 cm³/mol. The lowest BCUT2D eigenvalue weighted by Crippen LogP contribution is -2.36. The molecule has 1 heterocycles. The lowest BCUT2D eigenvalue weighted by atomic mass is 10.2. The van der Waals surface area contributed by atoms with E-state index in [-0.39, 0.29) is 18.5 Å². The zero-order valence-electron chi connectivity index (χ0n) is 20.5. The highest BCUT2D eigenvalue weighted by atomic mass is 19.1. The molecule has 0 unspecified atom stereocenters. The lowest BCUT2D eigenvalue weighted by Gasteiger charge is -2.26. The average molecular weight is 486 g/mol. The van der Waals surface area contributed by atoms with Crippen LogP contribution in [0.15, 0.2) is 48.5 Å². The maximum absolute atomic E-state index is 14.5. The van der Waals surface area contributed by atoms with Gasteiger partial charge in [-0.25, -0.2) is 13.5 Å². The molecule has 1 fully saturated rings. The van der Waals surface area contributed by atoms with Crippen molar-refractivity contribution in [3.05, 3.63) is 71.4 Å². The number of aliphatic hydroxyl groups is 1. The molecule has 1 saturated carbocycles. The van der Waals surface area contributed by atoms with E-state index in [4.69, 9.17) is 14.6 Å². The lowest BCUT2D eigenvalue weighted by molar-refractivity contribution is -0.0101. The molecule has 1 aliphatic carbocycles. The highest BCUT2D eigenvalue weighted by Crippen LogP contribution is 2.35. The van der Waals surface area contributed by atoms with Gasteiger partial charge in [0.1, 0.15) is 5.82 Å². The van der Waals surface area contributed by atoms with Crippen molar-refractivity contribution in [1.29, 1.82) is 0 Å². The Hall–Kier alpha value is -2.81. The fourth-order valence-corrected chi connectivity index (χ4v) is 3.98. The number of ether oxygens (including phenoxy) is 2. The molecule has 2 aromatic carbocycles. The van der Waals surface area contributed by atoms with Crippen molar-refractivity contribution in [2.75, 3.05) is 19.7 Å². The molecule has 8 heteroatoms. The van der Waals surface area contributed by atoms with Gasteiger partial charge in [0.2, 0.25) is 5.88 Å². The first-order chi connectivity index (χ1) is 16.8. The van der Waals surface area contributed by atoms with Crippen LogP contribution in [0.4, 0.5) is 8.78 Å². The highest BCUT2D eigenvalue weighted by Gasteiger charge is 2.28. The maximum Gasteiger partial charge on any atom is 0.227 e. The van der Waals surface area contributed by atoms with Crippen LogP contribution in [0.5, 0.6) is 11.6 Å². The van der Waals surface area contributed by atoms with E-state index in [2.05, 4.69) is 4.90 Å². The van der Waals surface area contributed by atoms with E-state index in [0.29, 0.717) is 24.9 Å². The van der Waals surface area contributed by atoms with Crippen LogP contribution in [0, 0.1) is 24.5 Å². The molecule has 1 aromatic heterocycles. The van der Waals surface area contributed by atoms with Crippen molar-refractivity contribution in [3.8, 4) is 17.3 Å². The first kappa shape index (κ1) is 25.3. The molecule has 0 spiro atoms. The summed E-state index contributed by atoms with van der Waals surface area (Å²) in [6.45, 7) is 7.75. The van der Waals surface area contributed by atoms with Gasteiger partial charge < -0.3 is 14.6 Å². The molecule has 3 aromatic rings. The van der Waals surface area contributed by atoms with Crippen molar-refractivity contribution in [2.24, 2.45) is 5.92 Å². The zero-order chi connectivity index (χ0) is 24.9. The van der Waals surface area contributed by atoms with E-state index in [1.807, 2.05) is 51.1 Å². The first-order valence-electron chi connectivity index (χ1n) is 12.1. The number of benzene rings is 2. The molecule has 0 aliphatic heterocycles. The van der Waals surface area contributed by atoms with Gasteiger partial charge in [-0.3, -0.25) is 4.90 Å². The Morgan fingerprint density at radius 3 is 2.54 bits per heavy atom. The Kier molecular flexibility index (Phi) is 8.15. The van der Waals surface area contributed by atoms with Crippen molar-refractivity contribution < 1.29 is 23.4 Å². The molecule has 1 N–H and O–H groups in total. The van der Waals surface area contributed by atoms with Gasteiger partial charge in [-0.2, -0.15) is 5.10 Å². The molecule has 188 valence electrons. The van der Waals surface area contributed by atoms with Crippen LogP contribution in [-0.4, -0.2) is 51.7 Å². The number of hydrogen-bond acceptors (Lipinski definition) is 5. The second-order valence-corrected chi connectivity index (χ2v) is 9.47. The second kappa shape index (κ2) is 11.3. The second-order valence-electron chi connectivity index (χ2n) is 9.47. The van der Waals surface area contributed by atoms with E-state index >= 15 is 0 Å². The number of rotatable bonds is 12. The van der Waals surface area contributed by atoms with Crippen molar-refractivity contribution in [1.82, 2.24) is 14.7 Å². The van der Waals surface area contributed by atoms with Crippen LogP contribution in [-0.2, 0) is 11.3 Å². The minimum absolute atomic E-state index is 0.0403. The van der Waals surface area contributed by atoms with E-state index in [1.165, 1.54) is 25.0 Å². The molecule has 0 saturated heterocycles. The summed E-state index contributed by atoms with van der Waals surface area (Å²) in [5.74, 6) is -0.574. The van der Waals surface area contributed by atoms with E-state index in [1.54, 1.807) is 4.68 Å². The number of aliphatic hydroxyl groups excluding tert-OH is 1. The Balaban J connectivity index is 1.65. The fraction of sp³-hybridized carbons (Fsp3) is 0.444. The largest absolute Gasteiger partial charge is 0.435 e. The van der Waals surface area contributed by atoms with Gasteiger partial charge in [0.05, 0.1) is 35.8 Å². The SMILES string of the molecule is Cc1nn(-c2ccccc2)c(Oc2ccc(F)cc2F)c1CN(CC1CC1)C[C@H](O)COC(C)C. The van der Waals surface area contributed by atoms with Gasteiger partial charge in [0, 0.05) is 25.7 Å². The Bertz CT molecular complexity index is 1120. The van der Waals surface area contributed by atoms with E-state index in [0.717, 1.165) is 29.6 Å². The minimum Gasteiger partial charge on any atom is -0.435 e. The number of aryl methyl sites for hydroxylation is 1. The number of para-hydroxylation sites is 1. The number of nitrogens with zero attached hydrogens (tertiary/aromatic N) is 3. The van der Waals surface area contributed by atoms with Crippen LogP contribution in [0.25, 0.3) is 5.69 Å².